The SMILES string of the molecule is CC(C)C1CC(NCCOCC(F)F)C1. The van der Waals surface area contributed by atoms with Gasteiger partial charge in [-0.1, -0.05) is 13.8 Å². The van der Waals surface area contributed by atoms with Crippen molar-refractivity contribution >= 4 is 0 Å². The van der Waals surface area contributed by atoms with Gasteiger partial charge in [0.2, 0.25) is 0 Å². The highest BCUT2D eigenvalue weighted by Crippen LogP contribution is 2.33. The predicted molar refractivity (Wildman–Crippen MR) is 56.2 cm³/mol. The fourth-order valence-electron chi connectivity index (χ4n) is 1.88. The highest BCUT2D eigenvalue weighted by Gasteiger charge is 2.30. The van der Waals surface area contributed by atoms with Crippen molar-refractivity contribution in [2.24, 2.45) is 11.8 Å². The summed E-state index contributed by atoms with van der Waals surface area (Å²) < 4.78 is 28.2. The van der Waals surface area contributed by atoms with E-state index in [9.17, 15) is 8.78 Å². The molecule has 0 spiro atoms. The monoisotopic (exact) mass is 221 g/mol. The minimum absolute atomic E-state index is 0.382. The molecular formula is C11H21F2NO. The van der Waals surface area contributed by atoms with Gasteiger partial charge < -0.3 is 10.1 Å². The maximum absolute atomic E-state index is 11.7. The Morgan fingerprint density at radius 2 is 2.00 bits per heavy atom. The molecule has 0 heterocycles. The third-order valence-corrected chi connectivity index (χ3v) is 3.04. The van der Waals surface area contributed by atoms with E-state index in [2.05, 4.69) is 19.2 Å². The Bertz CT molecular complexity index is 170. The normalized spacial score (nSPS) is 26.0. The Labute approximate surface area is 90.4 Å². The van der Waals surface area contributed by atoms with Crippen LogP contribution >= 0.6 is 0 Å². The first-order valence-corrected chi connectivity index (χ1v) is 5.69. The van der Waals surface area contributed by atoms with Crippen LogP contribution in [0.5, 0.6) is 0 Å². The zero-order valence-electron chi connectivity index (χ0n) is 9.51. The number of alkyl halides is 2. The largest absolute Gasteiger partial charge is 0.374 e. The molecule has 15 heavy (non-hydrogen) atoms. The predicted octanol–water partition coefficient (Wildman–Crippen LogP) is 2.29. The van der Waals surface area contributed by atoms with Gasteiger partial charge >= 0.3 is 0 Å². The summed E-state index contributed by atoms with van der Waals surface area (Å²) in [4.78, 5) is 0. The number of halogens is 2. The van der Waals surface area contributed by atoms with Gasteiger partial charge in [0.05, 0.1) is 6.61 Å². The molecule has 1 aliphatic carbocycles. The van der Waals surface area contributed by atoms with Crippen LogP contribution < -0.4 is 5.32 Å². The minimum Gasteiger partial charge on any atom is -0.374 e. The van der Waals surface area contributed by atoms with Crippen molar-refractivity contribution in [2.45, 2.75) is 39.2 Å². The molecule has 2 nitrogen and oxygen atoms in total. The summed E-state index contributed by atoms with van der Waals surface area (Å²) in [5, 5.41) is 3.31. The van der Waals surface area contributed by atoms with Gasteiger partial charge in [0.25, 0.3) is 6.43 Å². The van der Waals surface area contributed by atoms with E-state index in [-0.39, 0.29) is 0 Å². The molecule has 1 saturated carbocycles. The molecule has 0 aromatic heterocycles. The number of hydrogen-bond acceptors (Lipinski definition) is 2. The van der Waals surface area contributed by atoms with Crippen LogP contribution in [0.15, 0.2) is 0 Å². The maximum Gasteiger partial charge on any atom is 0.261 e. The van der Waals surface area contributed by atoms with Gasteiger partial charge in [0.15, 0.2) is 0 Å². The Hall–Kier alpha value is -0.220. The van der Waals surface area contributed by atoms with Gasteiger partial charge in [-0.15, -0.1) is 0 Å². The van der Waals surface area contributed by atoms with Crippen molar-refractivity contribution in [3.05, 3.63) is 0 Å². The third kappa shape index (κ3) is 4.89. The van der Waals surface area contributed by atoms with Crippen molar-refractivity contribution in [3.63, 3.8) is 0 Å². The van der Waals surface area contributed by atoms with Gasteiger partial charge in [-0.25, -0.2) is 8.78 Å². The standard InChI is InChI=1S/C11H21F2NO/c1-8(2)9-5-10(6-9)14-3-4-15-7-11(12)13/h8-11,14H,3-7H2,1-2H3. The van der Waals surface area contributed by atoms with Crippen molar-refractivity contribution in [1.29, 1.82) is 0 Å². The minimum atomic E-state index is -2.35. The van der Waals surface area contributed by atoms with Gasteiger partial charge in [-0.05, 0) is 24.7 Å². The second-order valence-electron chi connectivity index (χ2n) is 4.59. The molecule has 1 aliphatic rings. The zero-order chi connectivity index (χ0) is 11.3. The first-order chi connectivity index (χ1) is 7.09. The van der Waals surface area contributed by atoms with Crippen LogP contribution in [0.1, 0.15) is 26.7 Å². The third-order valence-electron chi connectivity index (χ3n) is 3.04. The summed E-state index contributed by atoms with van der Waals surface area (Å²) in [6, 6.07) is 0.576. The molecule has 0 unspecified atom stereocenters. The van der Waals surface area contributed by atoms with Crippen LogP contribution in [-0.2, 0) is 4.74 Å². The highest BCUT2D eigenvalue weighted by molar-refractivity contribution is 4.86. The van der Waals surface area contributed by atoms with Gasteiger partial charge in [0, 0.05) is 12.6 Å². The Kier molecular flexibility index (Phi) is 5.47. The van der Waals surface area contributed by atoms with Gasteiger partial charge in [-0.3, -0.25) is 0 Å². The van der Waals surface area contributed by atoms with Crippen molar-refractivity contribution < 1.29 is 13.5 Å². The Balaban J connectivity index is 1.86. The number of rotatable bonds is 7. The van der Waals surface area contributed by atoms with Crippen LogP contribution in [0.3, 0.4) is 0 Å². The molecular weight excluding hydrogens is 200 g/mol. The van der Waals surface area contributed by atoms with Crippen LogP contribution in [0.25, 0.3) is 0 Å². The quantitative estimate of drug-likeness (QED) is 0.666. The molecule has 0 aromatic carbocycles. The summed E-state index contributed by atoms with van der Waals surface area (Å²) in [6.45, 7) is 5.11. The lowest BCUT2D eigenvalue weighted by molar-refractivity contribution is 0.0165. The van der Waals surface area contributed by atoms with Crippen molar-refractivity contribution in [2.75, 3.05) is 19.8 Å². The number of nitrogens with one attached hydrogen (secondary N) is 1. The maximum atomic E-state index is 11.7. The average Bonchev–Trinajstić information content (AvgIpc) is 2.06. The summed E-state index contributed by atoms with van der Waals surface area (Å²) in [5.41, 5.74) is 0. The Morgan fingerprint density at radius 1 is 1.33 bits per heavy atom. The van der Waals surface area contributed by atoms with E-state index in [1.165, 1.54) is 12.8 Å². The van der Waals surface area contributed by atoms with E-state index in [0.717, 1.165) is 11.8 Å². The molecule has 0 aliphatic heterocycles. The topological polar surface area (TPSA) is 21.3 Å². The number of hydrogen-bond donors (Lipinski definition) is 1. The van der Waals surface area contributed by atoms with E-state index in [1.807, 2.05) is 0 Å². The summed E-state index contributed by atoms with van der Waals surface area (Å²) >= 11 is 0. The molecule has 0 atom stereocenters. The molecule has 4 heteroatoms. The fourth-order valence-corrected chi connectivity index (χ4v) is 1.88. The van der Waals surface area contributed by atoms with E-state index < -0.39 is 13.0 Å². The first kappa shape index (κ1) is 12.8. The lowest BCUT2D eigenvalue weighted by Crippen LogP contribution is -2.44. The average molecular weight is 221 g/mol. The van der Waals surface area contributed by atoms with E-state index >= 15 is 0 Å². The van der Waals surface area contributed by atoms with Crippen LogP contribution in [0.4, 0.5) is 8.78 Å². The van der Waals surface area contributed by atoms with Crippen molar-refractivity contribution in [3.8, 4) is 0 Å². The first-order valence-electron chi connectivity index (χ1n) is 5.69. The zero-order valence-corrected chi connectivity index (χ0v) is 9.51. The molecule has 0 radical (unpaired) electrons. The van der Waals surface area contributed by atoms with Crippen molar-refractivity contribution in [1.82, 2.24) is 5.32 Å². The molecule has 90 valence electrons. The van der Waals surface area contributed by atoms with Crippen LogP contribution in [-0.4, -0.2) is 32.2 Å². The lowest BCUT2D eigenvalue weighted by atomic mass is 9.74. The smallest absolute Gasteiger partial charge is 0.261 e. The summed E-state index contributed by atoms with van der Waals surface area (Å²) in [7, 11) is 0. The molecule has 1 fully saturated rings. The summed E-state index contributed by atoms with van der Waals surface area (Å²) in [6.07, 6.45) is 0.0815. The second-order valence-corrected chi connectivity index (χ2v) is 4.59. The molecule has 1 N–H and O–H groups in total. The van der Waals surface area contributed by atoms with Gasteiger partial charge in [0.1, 0.15) is 6.61 Å². The van der Waals surface area contributed by atoms with Crippen LogP contribution in [0, 0.1) is 11.8 Å². The van der Waals surface area contributed by atoms with E-state index in [4.69, 9.17) is 4.74 Å². The molecule has 0 saturated heterocycles. The fraction of sp³-hybridized carbons (Fsp3) is 1.00. The highest BCUT2D eigenvalue weighted by atomic mass is 19.3. The number of ether oxygens (including phenoxy) is 1. The van der Waals surface area contributed by atoms with Gasteiger partial charge in [-0.2, -0.15) is 0 Å². The summed E-state index contributed by atoms with van der Waals surface area (Å²) in [5.74, 6) is 1.60. The molecule has 0 amide bonds. The molecule has 0 aromatic rings. The lowest BCUT2D eigenvalue weighted by Gasteiger charge is -2.38. The Morgan fingerprint density at radius 3 is 2.53 bits per heavy atom. The van der Waals surface area contributed by atoms with E-state index in [1.54, 1.807) is 0 Å². The molecule has 0 bridgehead atoms. The molecule has 1 rings (SSSR count). The van der Waals surface area contributed by atoms with E-state index in [0.29, 0.717) is 19.2 Å². The second kappa shape index (κ2) is 6.38. The van der Waals surface area contributed by atoms with Crippen LogP contribution in [0.2, 0.25) is 0 Å².